The van der Waals surface area contributed by atoms with Crippen molar-refractivity contribution < 1.29 is 22.0 Å². The number of fused-ring (bicyclic) bond motifs is 2. The van der Waals surface area contributed by atoms with Gasteiger partial charge in [-0.2, -0.15) is 0 Å². The van der Waals surface area contributed by atoms with Gasteiger partial charge in [0.25, 0.3) is 15.9 Å². The van der Waals surface area contributed by atoms with Gasteiger partial charge in [0.15, 0.2) is 5.58 Å². The molecular weight excluding hydrogens is 323 g/mol. The zero-order valence-corrected chi connectivity index (χ0v) is 12.4. The average Bonchev–Trinajstić information content (AvgIpc) is 3.00. The lowest BCUT2D eigenvalue weighted by atomic mass is 10.2. The molecule has 0 atom stereocenters. The lowest BCUT2D eigenvalue weighted by Gasteiger charge is -2.12. The van der Waals surface area contributed by atoms with Gasteiger partial charge in [0.2, 0.25) is 5.89 Å². The lowest BCUT2D eigenvalue weighted by molar-refractivity contribution is 0.0857. The third-order valence-corrected chi connectivity index (χ3v) is 5.37. The Morgan fingerprint density at radius 1 is 1.17 bits per heavy atom. The molecule has 0 N–H and O–H groups in total. The number of carbonyl (C=O) groups is 1. The van der Waals surface area contributed by atoms with E-state index in [-0.39, 0.29) is 28.4 Å². The van der Waals surface area contributed by atoms with Gasteiger partial charge in [0.05, 0.1) is 5.56 Å². The van der Waals surface area contributed by atoms with E-state index in [2.05, 4.69) is 4.98 Å². The Kier molecular flexibility index (Phi) is 2.79. The zero-order valence-electron chi connectivity index (χ0n) is 11.6. The van der Waals surface area contributed by atoms with Crippen LogP contribution in [0.4, 0.5) is 4.39 Å². The standard InChI is InChI=1S/C15H9FN2O4S/c16-9-5-6-12-11(7-9)17-14(22-12)8-18-15(19)10-3-1-2-4-13(10)23(18,20)21/h1-7H,8H2. The fraction of sp³-hybridized carbons (Fsp3) is 0.0667. The molecule has 116 valence electrons. The van der Waals surface area contributed by atoms with Gasteiger partial charge in [-0.3, -0.25) is 4.79 Å². The van der Waals surface area contributed by atoms with Gasteiger partial charge in [-0.15, -0.1) is 0 Å². The quantitative estimate of drug-likeness (QED) is 0.719. The molecule has 0 radical (unpaired) electrons. The lowest BCUT2D eigenvalue weighted by Crippen LogP contribution is -2.29. The number of aromatic nitrogens is 1. The van der Waals surface area contributed by atoms with Crippen molar-refractivity contribution in [2.24, 2.45) is 0 Å². The molecule has 0 saturated heterocycles. The van der Waals surface area contributed by atoms with Crippen LogP contribution in [0.25, 0.3) is 11.1 Å². The predicted molar refractivity (Wildman–Crippen MR) is 77.5 cm³/mol. The normalized spacial score (nSPS) is 16.0. The summed E-state index contributed by atoms with van der Waals surface area (Å²) in [5, 5.41) is 0. The van der Waals surface area contributed by atoms with E-state index in [0.717, 1.165) is 0 Å². The molecule has 1 amide bonds. The van der Waals surface area contributed by atoms with Crippen molar-refractivity contribution in [2.45, 2.75) is 11.4 Å². The molecule has 6 nitrogen and oxygen atoms in total. The molecule has 2 aromatic carbocycles. The molecule has 0 saturated carbocycles. The molecule has 1 aliphatic heterocycles. The molecule has 4 rings (SSSR count). The van der Waals surface area contributed by atoms with E-state index in [1.807, 2.05) is 0 Å². The molecule has 0 spiro atoms. The summed E-state index contributed by atoms with van der Waals surface area (Å²) in [5.41, 5.74) is 0.708. The Balaban J connectivity index is 1.75. The molecule has 2 heterocycles. The van der Waals surface area contributed by atoms with Gasteiger partial charge in [-0.1, -0.05) is 12.1 Å². The Morgan fingerprint density at radius 3 is 2.74 bits per heavy atom. The second kappa shape index (κ2) is 4.63. The van der Waals surface area contributed by atoms with Crippen molar-refractivity contribution in [3.8, 4) is 0 Å². The first-order chi connectivity index (χ1) is 11.0. The highest BCUT2D eigenvalue weighted by Crippen LogP contribution is 2.31. The molecule has 1 aliphatic rings. The number of benzene rings is 2. The third kappa shape index (κ3) is 2.02. The Morgan fingerprint density at radius 2 is 1.96 bits per heavy atom. The highest BCUT2D eigenvalue weighted by Gasteiger charge is 2.41. The number of carbonyl (C=O) groups excluding carboxylic acids is 1. The van der Waals surface area contributed by atoms with Crippen molar-refractivity contribution in [2.75, 3.05) is 0 Å². The molecular formula is C15H9FN2O4S. The predicted octanol–water partition coefficient (Wildman–Crippen LogP) is 2.31. The van der Waals surface area contributed by atoms with Crippen molar-refractivity contribution in [1.82, 2.24) is 9.29 Å². The topological polar surface area (TPSA) is 80.5 Å². The summed E-state index contributed by atoms with van der Waals surface area (Å²) >= 11 is 0. The first-order valence-corrected chi connectivity index (χ1v) is 8.12. The first-order valence-electron chi connectivity index (χ1n) is 6.68. The summed E-state index contributed by atoms with van der Waals surface area (Å²) in [6.07, 6.45) is 0. The second-order valence-electron chi connectivity index (χ2n) is 5.03. The van der Waals surface area contributed by atoms with Crippen LogP contribution >= 0.6 is 0 Å². The van der Waals surface area contributed by atoms with Crippen molar-refractivity contribution >= 4 is 27.0 Å². The molecule has 8 heteroatoms. The number of halogens is 1. The van der Waals surface area contributed by atoms with Crippen LogP contribution < -0.4 is 0 Å². The molecule has 0 aliphatic carbocycles. The van der Waals surface area contributed by atoms with E-state index < -0.39 is 21.7 Å². The van der Waals surface area contributed by atoms with Gasteiger partial charge < -0.3 is 4.42 Å². The van der Waals surface area contributed by atoms with Gasteiger partial charge in [-0.05, 0) is 24.3 Å². The summed E-state index contributed by atoms with van der Waals surface area (Å²) in [5.74, 6) is -1.08. The maximum atomic E-state index is 13.2. The summed E-state index contributed by atoms with van der Waals surface area (Å²) in [6.45, 7) is -0.341. The van der Waals surface area contributed by atoms with Crippen LogP contribution in [0.15, 0.2) is 51.8 Å². The molecule has 0 bridgehead atoms. The number of hydrogen-bond donors (Lipinski definition) is 0. The zero-order chi connectivity index (χ0) is 16.2. The highest BCUT2D eigenvalue weighted by atomic mass is 32.2. The van der Waals surface area contributed by atoms with Gasteiger partial charge >= 0.3 is 0 Å². The van der Waals surface area contributed by atoms with Gasteiger partial charge in [-0.25, -0.2) is 22.1 Å². The van der Waals surface area contributed by atoms with Crippen LogP contribution in [-0.4, -0.2) is 23.6 Å². The Labute approximate surface area is 130 Å². The monoisotopic (exact) mass is 332 g/mol. The van der Waals surface area contributed by atoms with Gasteiger partial charge in [0.1, 0.15) is 22.8 Å². The molecule has 0 fully saturated rings. The number of nitrogens with zero attached hydrogens (tertiary/aromatic N) is 2. The van der Waals surface area contributed by atoms with Crippen molar-refractivity contribution in [1.29, 1.82) is 0 Å². The Bertz CT molecular complexity index is 1060. The van der Waals surface area contributed by atoms with Crippen molar-refractivity contribution in [3.05, 3.63) is 59.7 Å². The second-order valence-corrected chi connectivity index (χ2v) is 6.86. The van der Waals surface area contributed by atoms with E-state index in [0.29, 0.717) is 9.89 Å². The van der Waals surface area contributed by atoms with E-state index in [1.165, 1.54) is 30.3 Å². The van der Waals surface area contributed by atoms with Crippen LogP contribution in [0.2, 0.25) is 0 Å². The minimum atomic E-state index is -3.93. The van der Waals surface area contributed by atoms with Crippen LogP contribution in [-0.2, 0) is 16.6 Å². The maximum absolute atomic E-state index is 13.2. The van der Waals surface area contributed by atoms with Crippen LogP contribution in [0.1, 0.15) is 16.2 Å². The summed E-state index contributed by atoms with van der Waals surface area (Å²) in [7, 11) is -3.93. The maximum Gasteiger partial charge on any atom is 0.269 e. The van der Waals surface area contributed by atoms with Crippen LogP contribution in [0.3, 0.4) is 0 Å². The summed E-state index contributed by atoms with van der Waals surface area (Å²) in [4.78, 5) is 16.3. The van der Waals surface area contributed by atoms with Crippen LogP contribution in [0, 0.1) is 5.82 Å². The van der Waals surface area contributed by atoms with Crippen LogP contribution in [0.5, 0.6) is 0 Å². The van der Waals surface area contributed by atoms with E-state index >= 15 is 0 Å². The summed E-state index contributed by atoms with van der Waals surface area (Å²) < 4.78 is 44.2. The summed E-state index contributed by atoms with van der Waals surface area (Å²) in [6, 6.07) is 9.77. The van der Waals surface area contributed by atoms with Gasteiger partial charge in [0, 0.05) is 6.07 Å². The minimum Gasteiger partial charge on any atom is -0.439 e. The minimum absolute atomic E-state index is 0.0235. The molecule has 3 aromatic rings. The number of sulfonamides is 1. The van der Waals surface area contributed by atoms with E-state index in [9.17, 15) is 17.6 Å². The fourth-order valence-electron chi connectivity index (χ4n) is 2.53. The van der Waals surface area contributed by atoms with E-state index in [4.69, 9.17) is 4.42 Å². The van der Waals surface area contributed by atoms with E-state index in [1.54, 1.807) is 12.1 Å². The number of hydrogen-bond acceptors (Lipinski definition) is 5. The Hall–Kier alpha value is -2.74. The largest absolute Gasteiger partial charge is 0.439 e. The third-order valence-electron chi connectivity index (χ3n) is 3.58. The molecule has 0 unspecified atom stereocenters. The molecule has 1 aromatic heterocycles. The highest BCUT2D eigenvalue weighted by molar-refractivity contribution is 7.90. The fourth-order valence-corrected chi connectivity index (χ4v) is 4.04. The smallest absolute Gasteiger partial charge is 0.269 e. The number of oxazole rings is 1. The SMILES string of the molecule is O=C1c2ccccc2S(=O)(=O)N1Cc1nc2cc(F)ccc2o1. The first kappa shape index (κ1) is 13.9. The number of rotatable bonds is 2. The molecule has 23 heavy (non-hydrogen) atoms. The van der Waals surface area contributed by atoms with Crippen molar-refractivity contribution in [3.63, 3.8) is 0 Å². The average molecular weight is 332 g/mol. The number of amides is 1.